The summed E-state index contributed by atoms with van der Waals surface area (Å²) in [4.78, 5) is 0. The third-order valence-corrected chi connectivity index (χ3v) is 4.90. The van der Waals surface area contributed by atoms with E-state index >= 15 is 0 Å². The fourth-order valence-electron chi connectivity index (χ4n) is 3.37. The Kier molecular flexibility index (Phi) is 6.38. The van der Waals surface area contributed by atoms with Gasteiger partial charge in [0.05, 0.1) is 0 Å². The Hall–Kier alpha value is -0.730. The number of halogens is 1. The minimum Gasteiger partial charge on any atom is -0.489 e. The van der Waals surface area contributed by atoms with E-state index in [0.717, 1.165) is 35.2 Å². The Balaban J connectivity index is 2.05. The highest BCUT2D eigenvalue weighted by molar-refractivity contribution is 6.31. The first-order chi connectivity index (χ1) is 10.1. The van der Waals surface area contributed by atoms with Gasteiger partial charge in [0.2, 0.25) is 0 Å². The van der Waals surface area contributed by atoms with Crippen LogP contribution >= 0.6 is 11.6 Å². The summed E-state index contributed by atoms with van der Waals surface area (Å²) in [7, 11) is 0. The van der Waals surface area contributed by atoms with Gasteiger partial charge in [0, 0.05) is 11.1 Å². The highest BCUT2D eigenvalue weighted by Gasteiger charge is 2.31. The molecule has 3 heteroatoms. The lowest BCUT2D eigenvalue weighted by Crippen LogP contribution is -2.47. The molecule has 1 N–H and O–H groups in total. The summed E-state index contributed by atoms with van der Waals surface area (Å²) >= 11 is 6.10. The Morgan fingerprint density at radius 3 is 2.76 bits per heavy atom. The molecule has 0 saturated heterocycles. The quantitative estimate of drug-likeness (QED) is 0.800. The van der Waals surface area contributed by atoms with Gasteiger partial charge in [-0.1, -0.05) is 38.3 Å². The van der Waals surface area contributed by atoms with Crippen molar-refractivity contribution >= 4 is 11.6 Å². The largest absolute Gasteiger partial charge is 0.489 e. The number of nitrogens with one attached hydrogen (secondary N) is 1. The summed E-state index contributed by atoms with van der Waals surface area (Å²) in [5, 5.41) is 4.40. The van der Waals surface area contributed by atoms with Crippen LogP contribution < -0.4 is 10.1 Å². The van der Waals surface area contributed by atoms with E-state index in [9.17, 15) is 0 Å². The van der Waals surface area contributed by atoms with Crippen molar-refractivity contribution in [3.8, 4) is 5.75 Å². The summed E-state index contributed by atoms with van der Waals surface area (Å²) in [6, 6.07) is 6.44. The summed E-state index contributed by atoms with van der Waals surface area (Å²) in [6.07, 6.45) is 6.56. The number of benzene rings is 1. The van der Waals surface area contributed by atoms with Crippen molar-refractivity contribution in [1.29, 1.82) is 0 Å². The van der Waals surface area contributed by atoms with Crippen LogP contribution in [0.4, 0.5) is 0 Å². The van der Waals surface area contributed by atoms with Crippen LogP contribution in [-0.2, 0) is 0 Å². The lowest BCUT2D eigenvalue weighted by atomic mass is 9.81. The third-order valence-electron chi connectivity index (χ3n) is 4.48. The zero-order valence-corrected chi connectivity index (χ0v) is 14.2. The minimum atomic E-state index is 0.274. The average molecular weight is 310 g/mol. The van der Waals surface area contributed by atoms with Crippen LogP contribution in [0.15, 0.2) is 18.2 Å². The van der Waals surface area contributed by atoms with E-state index in [4.69, 9.17) is 16.3 Å². The zero-order valence-electron chi connectivity index (χ0n) is 13.5. The second kappa shape index (κ2) is 8.05. The summed E-state index contributed by atoms with van der Waals surface area (Å²) < 4.78 is 6.31. The third kappa shape index (κ3) is 4.62. The molecule has 0 radical (unpaired) electrons. The Bertz CT molecular complexity index is 449. The summed E-state index contributed by atoms with van der Waals surface area (Å²) in [5.74, 6) is 1.75. The van der Waals surface area contributed by atoms with E-state index in [-0.39, 0.29) is 6.10 Å². The molecule has 21 heavy (non-hydrogen) atoms. The van der Waals surface area contributed by atoms with Gasteiger partial charge in [-0.05, 0) is 62.4 Å². The molecule has 2 nitrogen and oxygen atoms in total. The topological polar surface area (TPSA) is 21.3 Å². The van der Waals surface area contributed by atoms with Crippen LogP contribution in [0.1, 0.15) is 51.5 Å². The first-order valence-electron chi connectivity index (χ1n) is 8.30. The number of likely N-dealkylation sites (N-methyl/N-ethyl adjacent to an activating group) is 1. The van der Waals surface area contributed by atoms with Crippen molar-refractivity contribution in [3.05, 3.63) is 28.8 Å². The average Bonchev–Trinajstić information content (AvgIpc) is 2.46. The normalized spacial score (nSPS) is 25.8. The van der Waals surface area contributed by atoms with E-state index in [0.29, 0.717) is 6.04 Å². The smallest absolute Gasteiger partial charge is 0.120 e. The molecule has 3 atom stereocenters. The van der Waals surface area contributed by atoms with E-state index in [1.165, 1.54) is 25.7 Å². The predicted molar refractivity (Wildman–Crippen MR) is 90.3 cm³/mol. The number of ether oxygens (including phenoxy) is 1. The first-order valence-corrected chi connectivity index (χ1v) is 8.68. The van der Waals surface area contributed by atoms with Gasteiger partial charge in [-0.3, -0.25) is 0 Å². The van der Waals surface area contributed by atoms with Crippen molar-refractivity contribution in [2.75, 3.05) is 6.54 Å². The van der Waals surface area contributed by atoms with E-state index in [2.05, 4.69) is 25.2 Å². The molecule has 1 aromatic carbocycles. The SMILES string of the molecule is CCCC1CCC(NCC)C(Oc2ccc(Cl)c(C)c2)C1. The van der Waals surface area contributed by atoms with Crippen LogP contribution in [0.5, 0.6) is 5.75 Å². The molecule has 1 fully saturated rings. The molecule has 1 aliphatic carbocycles. The molecule has 0 spiro atoms. The molecule has 0 aliphatic heterocycles. The van der Waals surface area contributed by atoms with Crippen molar-refractivity contribution < 1.29 is 4.74 Å². The van der Waals surface area contributed by atoms with E-state index < -0.39 is 0 Å². The molecule has 1 aliphatic rings. The molecular formula is C18H28ClNO. The Morgan fingerprint density at radius 1 is 1.29 bits per heavy atom. The molecule has 0 aromatic heterocycles. The highest BCUT2D eigenvalue weighted by atomic mass is 35.5. The van der Waals surface area contributed by atoms with Crippen LogP contribution in [0.2, 0.25) is 5.02 Å². The lowest BCUT2D eigenvalue weighted by molar-refractivity contribution is 0.0839. The van der Waals surface area contributed by atoms with Crippen molar-refractivity contribution in [1.82, 2.24) is 5.32 Å². The van der Waals surface area contributed by atoms with Gasteiger partial charge in [-0.15, -0.1) is 0 Å². The molecule has 0 heterocycles. The molecule has 1 aromatic rings. The second-order valence-electron chi connectivity index (χ2n) is 6.20. The molecule has 118 valence electrons. The molecule has 1 saturated carbocycles. The van der Waals surface area contributed by atoms with Crippen molar-refractivity contribution in [2.45, 2.75) is 65.0 Å². The van der Waals surface area contributed by atoms with Crippen molar-refractivity contribution in [3.63, 3.8) is 0 Å². The Morgan fingerprint density at radius 2 is 2.10 bits per heavy atom. The molecule has 2 rings (SSSR count). The Labute approximate surface area is 134 Å². The van der Waals surface area contributed by atoms with Crippen LogP contribution in [0.25, 0.3) is 0 Å². The number of rotatable bonds is 6. The zero-order chi connectivity index (χ0) is 15.2. The van der Waals surface area contributed by atoms with Gasteiger partial charge in [0.25, 0.3) is 0 Å². The fourth-order valence-corrected chi connectivity index (χ4v) is 3.49. The fraction of sp³-hybridized carbons (Fsp3) is 0.667. The monoisotopic (exact) mass is 309 g/mol. The number of hydrogen-bond donors (Lipinski definition) is 1. The number of hydrogen-bond acceptors (Lipinski definition) is 2. The van der Waals surface area contributed by atoms with Gasteiger partial charge in [-0.2, -0.15) is 0 Å². The van der Waals surface area contributed by atoms with Gasteiger partial charge in [0.15, 0.2) is 0 Å². The standard InChI is InChI=1S/C18H28ClNO/c1-4-6-14-7-10-17(20-5-2)18(12-14)21-15-8-9-16(19)13(3)11-15/h8-9,11,14,17-18,20H,4-7,10,12H2,1-3H3. The van der Waals surface area contributed by atoms with Crippen LogP contribution in [0.3, 0.4) is 0 Å². The van der Waals surface area contributed by atoms with Crippen LogP contribution in [0, 0.1) is 12.8 Å². The first kappa shape index (κ1) is 16.6. The minimum absolute atomic E-state index is 0.274. The van der Waals surface area contributed by atoms with Gasteiger partial charge in [-0.25, -0.2) is 0 Å². The summed E-state index contributed by atoms with van der Waals surface area (Å²) in [6.45, 7) is 7.47. The maximum absolute atomic E-state index is 6.31. The highest BCUT2D eigenvalue weighted by Crippen LogP contribution is 2.31. The van der Waals surface area contributed by atoms with Gasteiger partial charge >= 0.3 is 0 Å². The predicted octanol–water partition coefficient (Wildman–Crippen LogP) is 4.97. The molecule has 0 amide bonds. The molecule has 3 unspecified atom stereocenters. The molecular weight excluding hydrogens is 282 g/mol. The van der Waals surface area contributed by atoms with Gasteiger partial charge in [0.1, 0.15) is 11.9 Å². The molecule has 0 bridgehead atoms. The maximum Gasteiger partial charge on any atom is 0.120 e. The van der Waals surface area contributed by atoms with Crippen LogP contribution in [-0.4, -0.2) is 18.7 Å². The number of aryl methyl sites for hydroxylation is 1. The second-order valence-corrected chi connectivity index (χ2v) is 6.61. The van der Waals surface area contributed by atoms with E-state index in [1.54, 1.807) is 0 Å². The van der Waals surface area contributed by atoms with E-state index in [1.807, 2.05) is 19.1 Å². The summed E-state index contributed by atoms with van der Waals surface area (Å²) in [5.41, 5.74) is 1.08. The van der Waals surface area contributed by atoms with Crippen molar-refractivity contribution in [2.24, 2.45) is 5.92 Å². The maximum atomic E-state index is 6.31. The lowest BCUT2D eigenvalue weighted by Gasteiger charge is -2.36. The van der Waals surface area contributed by atoms with Gasteiger partial charge < -0.3 is 10.1 Å².